The molecule has 0 aromatic heterocycles. The number of nitrogens with zero attached hydrogens (tertiary/aromatic N) is 2. The topological polar surface area (TPSA) is 59.1 Å². The molecule has 0 radical (unpaired) electrons. The van der Waals surface area contributed by atoms with Gasteiger partial charge < -0.3 is 19.3 Å². The number of carbonyl (C=O) groups is 2. The predicted octanol–water partition coefficient (Wildman–Crippen LogP) is 0.404. The van der Waals surface area contributed by atoms with Crippen LogP contribution in [0.5, 0.6) is 0 Å². The summed E-state index contributed by atoms with van der Waals surface area (Å²) in [4.78, 5) is 28.8. The van der Waals surface area contributed by atoms with Gasteiger partial charge >= 0.3 is 0 Å². The van der Waals surface area contributed by atoms with Crippen molar-refractivity contribution in [1.82, 2.24) is 9.80 Å². The Morgan fingerprint density at radius 3 is 2.81 bits per heavy atom. The van der Waals surface area contributed by atoms with Gasteiger partial charge in [0, 0.05) is 26.7 Å². The minimum Gasteiger partial charge on any atom is -0.378 e. The van der Waals surface area contributed by atoms with Gasteiger partial charge in [0.05, 0.1) is 13.2 Å². The second kappa shape index (κ2) is 5.57. The third-order valence-corrected chi connectivity index (χ3v) is 5.14. The minimum absolute atomic E-state index is 0.0736. The standard InChI is InChI=1S/C15H24N2O4/c1-11-13(18)16-7-4-3-5-12(16)14(19)17(11)9-15(20-2)6-8-21-10-15/h11-12H,3-10H2,1-2H3. The van der Waals surface area contributed by atoms with Gasteiger partial charge in [-0.15, -0.1) is 0 Å². The molecular formula is C15H24N2O4. The van der Waals surface area contributed by atoms with Gasteiger partial charge in [-0.3, -0.25) is 9.59 Å². The first kappa shape index (κ1) is 14.8. The average molecular weight is 296 g/mol. The molecule has 3 aliphatic heterocycles. The lowest BCUT2D eigenvalue weighted by Crippen LogP contribution is -2.67. The van der Waals surface area contributed by atoms with Crippen molar-refractivity contribution in [3.05, 3.63) is 0 Å². The fraction of sp³-hybridized carbons (Fsp3) is 0.867. The molecule has 3 fully saturated rings. The Kier molecular flexibility index (Phi) is 3.92. The summed E-state index contributed by atoms with van der Waals surface area (Å²) in [5, 5.41) is 0. The monoisotopic (exact) mass is 296 g/mol. The molecule has 0 aromatic rings. The van der Waals surface area contributed by atoms with Gasteiger partial charge in [0.2, 0.25) is 11.8 Å². The van der Waals surface area contributed by atoms with Crippen LogP contribution in [0.25, 0.3) is 0 Å². The van der Waals surface area contributed by atoms with Crippen molar-refractivity contribution < 1.29 is 19.1 Å². The summed E-state index contributed by atoms with van der Waals surface area (Å²) in [7, 11) is 1.66. The Bertz CT molecular complexity index is 433. The van der Waals surface area contributed by atoms with Crippen LogP contribution >= 0.6 is 0 Å². The molecule has 6 nitrogen and oxygen atoms in total. The largest absolute Gasteiger partial charge is 0.378 e. The second-order valence-corrected chi connectivity index (χ2v) is 6.38. The Labute approximate surface area is 125 Å². The first-order valence-corrected chi connectivity index (χ1v) is 7.82. The van der Waals surface area contributed by atoms with Gasteiger partial charge in [0.25, 0.3) is 0 Å². The summed E-state index contributed by atoms with van der Waals surface area (Å²) in [6, 6.07) is -0.668. The number of carbonyl (C=O) groups excluding carboxylic acids is 2. The number of hydrogen-bond acceptors (Lipinski definition) is 4. The molecule has 6 heteroatoms. The minimum atomic E-state index is -0.457. The molecule has 21 heavy (non-hydrogen) atoms. The maximum atomic E-state index is 12.8. The molecule has 3 aliphatic rings. The highest BCUT2D eigenvalue weighted by Crippen LogP contribution is 2.30. The van der Waals surface area contributed by atoms with E-state index in [1.807, 2.05) is 6.92 Å². The zero-order chi connectivity index (χ0) is 15.0. The van der Waals surface area contributed by atoms with E-state index in [1.54, 1.807) is 16.9 Å². The molecule has 3 atom stereocenters. The molecule has 0 N–H and O–H groups in total. The summed E-state index contributed by atoms with van der Waals surface area (Å²) < 4.78 is 11.1. The smallest absolute Gasteiger partial charge is 0.246 e. The Balaban J connectivity index is 1.80. The van der Waals surface area contributed by atoms with Crippen LogP contribution < -0.4 is 0 Å². The van der Waals surface area contributed by atoms with E-state index >= 15 is 0 Å². The van der Waals surface area contributed by atoms with Crippen molar-refractivity contribution in [2.75, 3.05) is 33.4 Å². The summed E-state index contributed by atoms with van der Waals surface area (Å²) in [5.74, 6) is 0.148. The van der Waals surface area contributed by atoms with Gasteiger partial charge in [0.15, 0.2) is 0 Å². The Morgan fingerprint density at radius 1 is 1.33 bits per heavy atom. The van der Waals surface area contributed by atoms with Crippen molar-refractivity contribution in [3.63, 3.8) is 0 Å². The molecule has 3 heterocycles. The highest BCUT2D eigenvalue weighted by molar-refractivity contribution is 5.97. The molecule has 0 aromatic carbocycles. The molecule has 0 saturated carbocycles. The fourth-order valence-corrected chi connectivity index (χ4v) is 3.67. The van der Waals surface area contributed by atoms with E-state index in [2.05, 4.69) is 0 Å². The van der Waals surface area contributed by atoms with E-state index in [0.717, 1.165) is 25.7 Å². The number of piperazine rings is 1. The van der Waals surface area contributed by atoms with Crippen molar-refractivity contribution >= 4 is 11.8 Å². The first-order valence-electron chi connectivity index (χ1n) is 7.82. The van der Waals surface area contributed by atoms with E-state index in [4.69, 9.17) is 9.47 Å². The number of rotatable bonds is 3. The van der Waals surface area contributed by atoms with E-state index in [9.17, 15) is 9.59 Å². The molecular weight excluding hydrogens is 272 g/mol. The van der Waals surface area contributed by atoms with Crippen LogP contribution in [0.3, 0.4) is 0 Å². The van der Waals surface area contributed by atoms with Crippen LogP contribution in [-0.4, -0.2) is 72.7 Å². The summed E-state index contributed by atoms with van der Waals surface area (Å²) in [6.07, 6.45) is 3.56. The number of fused-ring (bicyclic) bond motifs is 1. The van der Waals surface area contributed by atoms with E-state index < -0.39 is 11.6 Å². The van der Waals surface area contributed by atoms with Crippen LogP contribution in [0.1, 0.15) is 32.6 Å². The third-order valence-electron chi connectivity index (χ3n) is 5.14. The lowest BCUT2D eigenvalue weighted by atomic mass is 9.93. The number of methoxy groups -OCH3 is 1. The first-order chi connectivity index (χ1) is 10.1. The molecule has 3 unspecified atom stereocenters. The van der Waals surface area contributed by atoms with E-state index in [-0.39, 0.29) is 17.9 Å². The Morgan fingerprint density at radius 2 is 2.14 bits per heavy atom. The highest BCUT2D eigenvalue weighted by atomic mass is 16.5. The van der Waals surface area contributed by atoms with Crippen molar-refractivity contribution in [2.24, 2.45) is 0 Å². The van der Waals surface area contributed by atoms with Crippen molar-refractivity contribution in [2.45, 2.75) is 50.3 Å². The van der Waals surface area contributed by atoms with Gasteiger partial charge in [-0.1, -0.05) is 0 Å². The van der Waals surface area contributed by atoms with Crippen LogP contribution in [0.15, 0.2) is 0 Å². The number of amides is 2. The molecule has 0 spiro atoms. The highest BCUT2D eigenvalue weighted by Gasteiger charge is 2.48. The Hall–Kier alpha value is -1.14. The van der Waals surface area contributed by atoms with Crippen molar-refractivity contribution in [3.8, 4) is 0 Å². The molecule has 3 saturated heterocycles. The SMILES string of the molecule is COC1(CN2C(=O)C3CCCCN3C(=O)C2C)CCOC1. The van der Waals surface area contributed by atoms with Gasteiger partial charge in [0.1, 0.15) is 17.7 Å². The van der Waals surface area contributed by atoms with Crippen LogP contribution in [0.4, 0.5) is 0 Å². The number of hydrogen-bond donors (Lipinski definition) is 0. The fourth-order valence-electron chi connectivity index (χ4n) is 3.67. The molecule has 118 valence electrons. The van der Waals surface area contributed by atoms with Gasteiger partial charge in [-0.25, -0.2) is 0 Å². The summed E-state index contributed by atoms with van der Waals surface area (Å²) >= 11 is 0. The maximum Gasteiger partial charge on any atom is 0.246 e. The summed E-state index contributed by atoms with van der Waals surface area (Å²) in [5.41, 5.74) is -0.457. The number of piperidine rings is 1. The average Bonchev–Trinajstić information content (AvgIpc) is 2.99. The molecule has 3 rings (SSSR count). The second-order valence-electron chi connectivity index (χ2n) is 6.38. The van der Waals surface area contributed by atoms with E-state index in [1.165, 1.54) is 0 Å². The maximum absolute atomic E-state index is 12.8. The van der Waals surface area contributed by atoms with Crippen LogP contribution in [-0.2, 0) is 19.1 Å². The predicted molar refractivity (Wildman–Crippen MR) is 75.7 cm³/mol. The molecule has 0 aliphatic carbocycles. The number of ether oxygens (including phenoxy) is 2. The van der Waals surface area contributed by atoms with Gasteiger partial charge in [-0.2, -0.15) is 0 Å². The zero-order valence-electron chi connectivity index (χ0n) is 12.8. The third kappa shape index (κ3) is 2.44. The van der Waals surface area contributed by atoms with Crippen LogP contribution in [0, 0.1) is 0 Å². The quantitative estimate of drug-likeness (QED) is 0.756. The van der Waals surface area contributed by atoms with Crippen LogP contribution in [0.2, 0.25) is 0 Å². The molecule has 2 amide bonds. The summed E-state index contributed by atoms with van der Waals surface area (Å²) in [6.45, 7) is 4.12. The van der Waals surface area contributed by atoms with Crippen molar-refractivity contribution in [1.29, 1.82) is 0 Å². The normalized spacial score (nSPS) is 37.0. The zero-order valence-corrected chi connectivity index (χ0v) is 12.8. The lowest BCUT2D eigenvalue weighted by Gasteiger charge is -2.47. The van der Waals surface area contributed by atoms with Gasteiger partial charge in [-0.05, 0) is 26.2 Å². The molecule has 0 bridgehead atoms. The van der Waals surface area contributed by atoms with E-state index in [0.29, 0.717) is 26.3 Å². The lowest BCUT2D eigenvalue weighted by molar-refractivity contribution is -0.167.